The molecule has 4 heterocycles. The Morgan fingerprint density at radius 2 is 0.939 bits per heavy atom. The fourth-order valence-corrected chi connectivity index (χ4v) is 7.22. The summed E-state index contributed by atoms with van der Waals surface area (Å²) in [5.41, 5.74) is 9.83. The second kappa shape index (κ2) is 12.6. The highest BCUT2D eigenvalue weighted by Gasteiger charge is 2.23. The van der Waals surface area contributed by atoms with Crippen LogP contribution in [0.3, 0.4) is 0 Å². The van der Waals surface area contributed by atoms with E-state index in [1.165, 1.54) is 55.3 Å². The molecule has 0 saturated heterocycles. The first-order valence-corrected chi connectivity index (χ1v) is 17.4. The Hall–Kier alpha value is -6.00. The molecule has 0 N–H and O–H groups in total. The number of fused-ring (bicyclic) bond motifs is 10. The van der Waals surface area contributed by atoms with Crippen LogP contribution in [0, 0.1) is 0 Å². The molecule has 0 spiro atoms. The van der Waals surface area contributed by atoms with Crippen molar-refractivity contribution in [2.45, 2.75) is 34.1 Å². The average molecular weight is 635 g/mol. The minimum atomic E-state index is 0.661. The van der Waals surface area contributed by atoms with E-state index >= 15 is 0 Å². The van der Waals surface area contributed by atoms with Crippen LogP contribution in [0.25, 0.3) is 88.4 Å². The standard InChI is InChI=1S/C40H24N4.C3H8.C2H6/c1-3-12-25(13-4-1)32-24-33(26-14-5-2-6-15-26)42-40(41-32)43-35-21-10-8-17-31(35)37-36(43)23-22-30-29-19-11-18-28-27-16-7-9-20-34(27)44(38(28)29)39(30)37;1-3-2;1-2/h1-24H;3H2,1-2H3;1-2H3. The van der Waals surface area contributed by atoms with Gasteiger partial charge in [0.1, 0.15) is 0 Å². The average Bonchev–Trinajstić information content (AvgIpc) is 3.82. The van der Waals surface area contributed by atoms with Crippen LogP contribution >= 0.6 is 0 Å². The van der Waals surface area contributed by atoms with Gasteiger partial charge in [0.2, 0.25) is 5.95 Å². The number of benzene rings is 6. The molecule has 0 aliphatic heterocycles. The Morgan fingerprint density at radius 1 is 0.449 bits per heavy atom. The third-order valence-electron chi connectivity index (χ3n) is 9.07. The Labute approximate surface area is 286 Å². The lowest BCUT2D eigenvalue weighted by atomic mass is 10.1. The predicted molar refractivity (Wildman–Crippen MR) is 209 cm³/mol. The molecule has 238 valence electrons. The van der Waals surface area contributed by atoms with E-state index in [1.54, 1.807) is 0 Å². The molecule has 6 aromatic carbocycles. The normalized spacial score (nSPS) is 11.3. The molecular weight excluding hydrogens is 597 g/mol. The maximum atomic E-state index is 5.23. The molecule has 0 fully saturated rings. The lowest BCUT2D eigenvalue weighted by Crippen LogP contribution is -2.04. The zero-order valence-electron chi connectivity index (χ0n) is 28.4. The summed E-state index contributed by atoms with van der Waals surface area (Å²) in [5, 5.41) is 7.51. The van der Waals surface area contributed by atoms with E-state index < -0.39 is 0 Å². The smallest absolute Gasteiger partial charge is 0.235 e. The molecule has 49 heavy (non-hydrogen) atoms. The predicted octanol–water partition coefficient (Wildman–Crippen LogP) is 12.5. The van der Waals surface area contributed by atoms with Gasteiger partial charge in [0.25, 0.3) is 0 Å². The highest BCUT2D eigenvalue weighted by Crippen LogP contribution is 2.44. The van der Waals surface area contributed by atoms with Gasteiger partial charge in [-0.2, -0.15) is 0 Å². The van der Waals surface area contributed by atoms with E-state index in [0.29, 0.717) is 5.95 Å². The summed E-state index contributed by atoms with van der Waals surface area (Å²) in [5.74, 6) is 0.661. The maximum absolute atomic E-state index is 5.23. The van der Waals surface area contributed by atoms with E-state index in [9.17, 15) is 0 Å². The van der Waals surface area contributed by atoms with Crippen LogP contribution in [0.5, 0.6) is 0 Å². The van der Waals surface area contributed by atoms with Crippen molar-refractivity contribution in [2.24, 2.45) is 0 Å². The van der Waals surface area contributed by atoms with Crippen LogP contribution in [0.4, 0.5) is 0 Å². The SMILES string of the molecule is CC.CCC.c1ccc(-c2cc(-c3ccccc3)nc(-n3c4ccccc4c4c3ccc3c5cccc6c7ccccc7n(c65)c34)n2)cc1. The highest BCUT2D eigenvalue weighted by molar-refractivity contribution is 6.30. The van der Waals surface area contributed by atoms with E-state index in [2.05, 4.69) is 156 Å². The first-order valence-electron chi connectivity index (χ1n) is 17.4. The van der Waals surface area contributed by atoms with Gasteiger partial charge in [0.05, 0.1) is 39.0 Å². The molecule has 4 heteroatoms. The van der Waals surface area contributed by atoms with Gasteiger partial charge in [0, 0.05) is 43.4 Å². The summed E-state index contributed by atoms with van der Waals surface area (Å²) >= 11 is 0. The highest BCUT2D eigenvalue weighted by atomic mass is 15.2. The molecule has 10 rings (SSSR count). The van der Waals surface area contributed by atoms with Gasteiger partial charge in [-0.3, -0.25) is 4.57 Å². The monoisotopic (exact) mass is 634 g/mol. The number of para-hydroxylation sites is 3. The number of hydrogen-bond acceptors (Lipinski definition) is 2. The molecule has 0 bridgehead atoms. The second-order valence-corrected chi connectivity index (χ2v) is 12.1. The van der Waals surface area contributed by atoms with Gasteiger partial charge in [-0.25, -0.2) is 9.97 Å². The van der Waals surface area contributed by atoms with Crippen molar-refractivity contribution >= 4 is 59.9 Å². The van der Waals surface area contributed by atoms with Crippen molar-refractivity contribution in [3.63, 3.8) is 0 Å². The van der Waals surface area contributed by atoms with Crippen LogP contribution in [-0.4, -0.2) is 18.9 Å². The number of aromatic nitrogens is 4. The molecule has 4 aromatic heterocycles. The minimum Gasteiger partial charge on any atom is -0.307 e. The summed E-state index contributed by atoms with van der Waals surface area (Å²) in [6.07, 6.45) is 1.25. The van der Waals surface area contributed by atoms with E-state index in [0.717, 1.165) is 33.5 Å². The van der Waals surface area contributed by atoms with Crippen molar-refractivity contribution < 1.29 is 0 Å². The van der Waals surface area contributed by atoms with Gasteiger partial charge < -0.3 is 4.40 Å². The van der Waals surface area contributed by atoms with Crippen molar-refractivity contribution in [3.8, 4) is 28.5 Å². The van der Waals surface area contributed by atoms with Crippen molar-refractivity contribution in [3.05, 3.63) is 146 Å². The zero-order valence-corrected chi connectivity index (χ0v) is 28.4. The third kappa shape index (κ3) is 4.75. The first kappa shape index (κ1) is 30.3. The van der Waals surface area contributed by atoms with Gasteiger partial charge in [-0.15, -0.1) is 0 Å². The van der Waals surface area contributed by atoms with E-state index in [-0.39, 0.29) is 0 Å². The molecule has 0 aliphatic rings. The minimum absolute atomic E-state index is 0.661. The fourth-order valence-electron chi connectivity index (χ4n) is 7.22. The lowest BCUT2D eigenvalue weighted by Gasteiger charge is -2.11. The van der Waals surface area contributed by atoms with Gasteiger partial charge in [0.15, 0.2) is 0 Å². The van der Waals surface area contributed by atoms with Crippen LogP contribution in [0.15, 0.2) is 146 Å². The summed E-state index contributed by atoms with van der Waals surface area (Å²) in [4.78, 5) is 10.5. The molecule has 0 amide bonds. The molecule has 0 aliphatic carbocycles. The topological polar surface area (TPSA) is 35.1 Å². The third-order valence-corrected chi connectivity index (χ3v) is 9.07. The first-order chi connectivity index (χ1) is 24.3. The number of nitrogens with zero attached hydrogens (tertiary/aromatic N) is 4. The Morgan fingerprint density at radius 3 is 1.57 bits per heavy atom. The van der Waals surface area contributed by atoms with Crippen LogP contribution in [0.2, 0.25) is 0 Å². The quantitative estimate of drug-likeness (QED) is 0.194. The maximum Gasteiger partial charge on any atom is 0.235 e. The number of hydrogen-bond donors (Lipinski definition) is 0. The summed E-state index contributed by atoms with van der Waals surface area (Å²) in [6, 6.07) is 51.5. The molecule has 10 aromatic rings. The van der Waals surface area contributed by atoms with Crippen molar-refractivity contribution in [1.82, 2.24) is 18.9 Å². The summed E-state index contributed by atoms with van der Waals surface area (Å²) in [6.45, 7) is 8.25. The fraction of sp³-hybridized carbons (Fsp3) is 0.111. The summed E-state index contributed by atoms with van der Waals surface area (Å²) < 4.78 is 4.72. The molecule has 0 radical (unpaired) electrons. The molecule has 4 nitrogen and oxygen atoms in total. The molecule has 0 unspecified atom stereocenters. The Kier molecular flexibility index (Phi) is 7.77. The van der Waals surface area contributed by atoms with Gasteiger partial charge in [-0.1, -0.05) is 155 Å². The zero-order chi connectivity index (χ0) is 33.5. The summed E-state index contributed by atoms with van der Waals surface area (Å²) in [7, 11) is 0. The molecular formula is C45H38N4. The van der Waals surface area contributed by atoms with Crippen molar-refractivity contribution in [2.75, 3.05) is 0 Å². The van der Waals surface area contributed by atoms with Gasteiger partial charge >= 0.3 is 0 Å². The second-order valence-electron chi connectivity index (χ2n) is 12.1. The Balaban J connectivity index is 0.000000664. The van der Waals surface area contributed by atoms with Crippen LogP contribution < -0.4 is 0 Å². The number of rotatable bonds is 3. The van der Waals surface area contributed by atoms with Crippen LogP contribution in [-0.2, 0) is 0 Å². The van der Waals surface area contributed by atoms with E-state index in [4.69, 9.17) is 9.97 Å². The molecule has 0 atom stereocenters. The Bertz CT molecular complexity index is 2660. The van der Waals surface area contributed by atoms with E-state index in [1.807, 2.05) is 26.0 Å². The largest absolute Gasteiger partial charge is 0.307 e. The van der Waals surface area contributed by atoms with Crippen LogP contribution in [0.1, 0.15) is 34.1 Å². The lowest BCUT2D eigenvalue weighted by molar-refractivity contribution is 0.996. The van der Waals surface area contributed by atoms with Gasteiger partial charge in [-0.05, 0) is 24.3 Å². The molecule has 0 saturated carbocycles. The van der Waals surface area contributed by atoms with Crippen molar-refractivity contribution in [1.29, 1.82) is 0 Å².